The van der Waals surface area contributed by atoms with Gasteiger partial charge in [-0.1, -0.05) is 18.2 Å². The number of thiophene rings is 1. The van der Waals surface area contributed by atoms with Crippen LogP contribution in [0.1, 0.15) is 36.7 Å². The Morgan fingerprint density at radius 1 is 1.00 bits per heavy atom. The van der Waals surface area contributed by atoms with E-state index in [-0.39, 0.29) is 11.6 Å². The first-order chi connectivity index (χ1) is 7.70. The van der Waals surface area contributed by atoms with Gasteiger partial charge in [0.2, 0.25) is 5.78 Å². The van der Waals surface area contributed by atoms with Crippen molar-refractivity contribution in [2.24, 2.45) is 0 Å². The van der Waals surface area contributed by atoms with E-state index in [1.54, 1.807) is 17.5 Å². The van der Waals surface area contributed by atoms with Gasteiger partial charge in [0.25, 0.3) is 0 Å². The Kier molecular flexibility index (Phi) is 1.85. The lowest BCUT2D eigenvalue weighted by molar-refractivity contribution is 0.0982. The van der Waals surface area contributed by atoms with E-state index in [2.05, 4.69) is 0 Å². The highest BCUT2D eigenvalue weighted by Gasteiger charge is 2.31. The normalized spacial score (nSPS) is 13.6. The summed E-state index contributed by atoms with van der Waals surface area (Å²) in [6, 6.07) is 7.13. The second-order valence-electron chi connectivity index (χ2n) is 3.82. The highest BCUT2D eigenvalue weighted by atomic mass is 32.1. The topological polar surface area (TPSA) is 34.1 Å². The molecule has 0 fully saturated rings. The van der Waals surface area contributed by atoms with Crippen LogP contribution >= 0.6 is 11.3 Å². The van der Waals surface area contributed by atoms with E-state index in [1.165, 1.54) is 11.3 Å². The van der Waals surface area contributed by atoms with E-state index in [9.17, 15) is 9.59 Å². The lowest BCUT2D eigenvalue weighted by Gasteiger charge is -2.15. The number of carbonyl (C=O) groups is 2. The number of rotatable bonds is 0. The van der Waals surface area contributed by atoms with Gasteiger partial charge in [-0.25, -0.2) is 0 Å². The zero-order valence-corrected chi connectivity index (χ0v) is 9.43. The lowest BCUT2D eigenvalue weighted by Crippen LogP contribution is -2.19. The van der Waals surface area contributed by atoms with E-state index >= 15 is 0 Å². The van der Waals surface area contributed by atoms with Crippen molar-refractivity contribution in [3.05, 3.63) is 56.8 Å². The van der Waals surface area contributed by atoms with Gasteiger partial charge >= 0.3 is 0 Å². The van der Waals surface area contributed by atoms with Crippen LogP contribution in [0.5, 0.6) is 0 Å². The minimum absolute atomic E-state index is 0.0160. The average Bonchev–Trinajstić information content (AvgIpc) is 2.75. The summed E-state index contributed by atoms with van der Waals surface area (Å²) >= 11 is 1.34. The molecule has 1 aliphatic carbocycles. The maximum Gasteiger partial charge on any atom is 0.204 e. The van der Waals surface area contributed by atoms with Gasteiger partial charge < -0.3 is 0 Å². The fraction of sp³-hybridized carbons (Fsp3) is 0.0769. The van der Waals surface area contributed by atoms with Crippen LogP contribution in [0, 0.1) is 6.92 Å². The van der Waals surface area contributed by atoms with Gasteiger partial charge in [0, 0.05) is 16.7 Å². The number of benzene rings is 1. The minimum Gasteiger partial charge on any atom is -0.289 e. The minimum atomic E-state index is -0.0328. The number of aryl methyl sites for hydroxylation is 1. The predicted molar refractivity (Wildman–Crippen MR) is 62.4 cm³/mol. The van der Waals surface area contributed by atoms with Gasteiger partial charge in [0.1, 0.15) is 0 Å². The summed E-state index contributed by atoms with van der Waals surface area (Å²) in [6.45, 7) is 1.86. The standard InChI is InChI=1S/C13H8O2S/c1-7-3-2-4-8-10(7)12(15)13-9(11(8)14)5-6-16-13/h2-6H,1H3. The number of hydrogen-bond donors (Lipinski definition) is 0. The van der Waals surface area contributed by atoms with Crippen LogP contribution in [-0.4, -0.2) is 11.6 Å². The molecular formula is C13H8O2S. The molecule has 0 unspecified atom stereocenters. The molecule has 2 aromatic rings. The Morgan fingerprint density at radius 2 is 1.81 bits per heavy atom. The third kappa shape index (κ3) is 1.06. The van der Waals surface area contributed by atoms with Crippen LogP contribution in [0.3, 0.4) is 0 Å². The average molecular weight is 228 g/mol. The van der Waals surface area contributed by atoms with Crippen molar-refractivity contribution < 1.29 is 9.59 Å². The van der Waals surface area contributed by atoms with E-state index in [0.717, 1.165) is 5.56 Å². The maximum atomic E-state index is 12.2. The summed E-state index contributed by atoms with van der Waals surface area (Å²) in [5.41, 5.74) is 2.53. The van der Waals surface area contributed by atoms with Crippen molar-refractivity contribution in [2.45, 2.75) is 6.92 Å². The van der Waals surface area contributed by atoms with E-state index in [4.69, 9.17) is 0 Å². The first-order valence-corrected chi connectivity index (χ1v) is 5.84. The maximum absolute atomic E-state index is 12.2. The van der Waals surface area contributed by atoms with Gasteiger partial charge in [-0.15, -0.1) is 11.3 Å². The van der Waals surface area contributed by atoms with Crippen LogP contribution in [0.15, 0.2) is 29.6 Å². The molecule has 3 rings (SSSR count). The molecule has 78 valence electrons. The molecule has 1 heterocycles. The van der Waals surface area contributed by atoms with Gasteiger partial charge in [-0.2, -0.15) is 0 Å². The van der Waals surface area contributed by atoms with Gasteiger partial charge in [0.05, 0.1) is 4.88 Å². The Balaban J connectivity index is 2.38. The molecule has 1 aliphatic rings. The molecule has 0 saturated heterocycles. The Labute approximate surface area is 96.5 Å². The van der Waals surface area contributed by atoms with E-state index < -0.39 is 0 Å². The Morgan fingerprint density at radius 3 is 2.62 bits per heavy atom. The molecule has 0 atom stereocenters. The van der Waals surface area contributed by atoms with Gasteiger partial charge in [0.15, 0.2) is 5.78 Å². The number of hydrogen-bond acceptors (Lipinski definition) is 3. The molecule has 3 heteroatoms. The molecule has 0 bridgehead atoms. The highest BCUT2D eigenvalue weighted by molar-refractivity contribution is 7.12. The SMILES string of the molecule is Cc1cccc2c1C(=O)c1sccc1C2=O. The lowest BCUT2D eigenvalue weighted by atomic mass is 9.86. The number of ketones is 2. The van der Waals surface area contributed by atoms with Crippen LogP contribution in [0.4, 0.5) is 0 Å². The van der Waals surface area contributed by atoms with Crippen LogP contribution in [0.25, 0.3) is 0 Å². The zero-order valence-electron chi connectivity index (χ0n) is 8.61. The van der Waals surface area contributed by atoms with Gasteiger partial charge in [-0.05, 0) is 23.9 Å². The van der Waals surface area contributed by atoms with Crippen molar-refractivity contribution in [2.75, 3.05) is 0 Å². The molecule has 0 spiro atoms. The largest absolute Gasteiger partial charge is 0.289 e. The van der Waals surface area contributed by atoms with Crippen molar-refractivity contribution in [3.63, 3.8) is 0 Å². The first kappa shape index (κ1) is 9.48. The molecule has 0 radical (unpaired) electrons. The van der Waals surface area contributed by atoms with Crippen LogP contribution in [-0.2, 0) is 0 Å². The molecule has 2 nitrogen and oxygen atoms in total. The predicted octanol–water partition coefficient (Wildman–Crippen LogP) is 2.83. The first-order valence-electron chi connectivity index (χ1n) is 4.96. The summed E-state index contributed by atoms with van der Waals surface area (Å²) < 4.78 is 0. The molecular weight excluding hydrogens is 220 g/mol. The van der Waals surface area contributed by atoms with Crippen molar-refractivity contribution in [1.29, 1.82) is 0 Å². The molecule has 0 saturated carbocycles. The quantitative estimate of drug-likeness (QED) is 0.593. The smallest absolute Gasteiger partial charge is 0.204 e. The summed E-state index contributed by atoms with van der Waals surface area (Å²) in [5, 5.41) is 1.79. The molecule has 0 aliphatic heterocycles. The Bertz CT molecular complexity index is 623. The molecule has 0 amide bonds. The van der Waals surface area contributed by atoms with Crippen molar-refractivity contribution in [3.8, 4) is 0 Å². The monoisotopic (exact) mass is 228 g/mol. The van der Waals surface area contributed by atoms with E-state index in [1.807, 2.05) is 19.1 Å². The highest BCUT2D eigenvalue weighted by Crippen LogP contribution is 2.32. The second kappa shape index (κ2) is 3.12. The third-order valence-electron chi connectivity index (χ3n) is 2.86. The fourth-order valence-corrected chi connectivity index (χ4v) is 2.92. The zero-order chi connectivity index (χ0) is 11.3. The van der Waals surface area contributed by atoms with E-state index in [0.29, 0.717) is 21.6 Å². The Hall–Kier alpha value is -1.74. The third-order valence-corrected chi connectivity index (χ3v) is 3.77. The van der Waals surface area contributed by atoms with Crippen molar-refractivity contribution in [1.82, 2.24) is 0 Å². The van der Waals surface area contributed by atoms with Gasteiger partial charge in [-0.3, -0.25) is 9.59 Å². The molecule has 0 N–H and O–H groups in total. The number of carbonyl (C=O) groups excluding carboxylic acids is 2. The molecule has 16 heavy (non-hydrogen) atoms. The number of fused-ring (bicyclic) bond motifs is 2. The van der Waals surface area contributed by atoms with Crippen LogP contribution < -0.4 is 0 Å². The summed E-state index contributed by atoms with van der Waals surface area (Å²) in [4.78, 5) is 24.9. The summed E-state index contributed by atoms with van der Waals surface area (Å²) in [5.74, 6) is -0.0488. The molecule has 1 aromatic carbocycles. The van der Waals surface area contributed by atoms with Crippen molar-refractivity contribution >= 4 is 22.9 Å². The fourth-order valence-electron chi connectivity index (χ4n) is 2.08. The molecule has 1 aromatic heterocycles. The summed E-state index contributed by atoms with van der Waals surface area (Å²) in [6.07, 6.45) is 0. The van der Waals surface area contributed by atoms with Crippen LogP contribution in [0.2, 0.25) is 0 Å². The second-order valence-corrected chi connectivity index (χ2v) is 4.74. The summed E-state index contributed by atoms with van der Waals surface area (Å²) in [7, 11) is 0.